The van der Waals surface area contributed by atoms with Crippen molar-refractivity contribution in [1.29, 1.82) is 0 Å². The summed E-state index contributed by atoms with van der Waals surface area (Å²) < 4.78 is 78.6. The number of ketones is 2. The Morgan fingerprint density at radius 2 is 1.32 bits per heavy atom. The summed E-state index contributed by atoms with van der Waals surface area (Å²) >= 11 is 0. The molecule has 0 fully saturated rings. The van der Waals surface area contributed by atoms with E-state index in [1.54, 1.807) is 0 Å². The van der Waals surface area contributed by atoms with Crippen LogP contribution in [0.4, 0.5) is 32.0 Å². The Balaban J connectivity index is 2.58. The largest absolute Gasteiger partial charge is 0.507 e. The molecular weight excluding hydrogens is 468 g/mol. The first-order valence-electron chi connectivity index (χ1n) is 10.2. The lowest BCUT2D eigenvalue weighted by Crippen LogP contribution is -2.44. The molecule has 0 heterocycles. The highest BCUT2D eigenvalue weighted by atomic mass is 19.4. The molecule has 0 radical (unpaired) electrons. The van der Waals surface area contributed by atoms with Gasteiger partial charge in [-0.3, -0.25) is 14.4 Å². The summed E-state index contributed by atoms with van der Waals surface area (Å²) in [7, 11) is 0. The number of carbonyl (C=O) groups excluding carboxylic acids is 3. The fraction of sp³-hybridized carbons (Fsp3) is 0.435. The number of amides is 1. The van der Waals surface area contributed by atoms with Gasteiger partial charge in [0.05, 0.1) is 16.7 Å². The van der Waals surface area contributed by atoms with Gasteiger partial charge in [-0.25, -0.2) is 0 Å². The van der Waals surface area contributed by atoms with Crippen molar-refractivity contribution in [3.63, 3.8) is 0 Å². The summed E-state index contributed by atoms with van der Waals surface area (Å²) in [6, 6.07) is 0.521. The molecule has 2 rings (SSSR count). The first kappa shape index (κ1) is 27.1. The molecule has 0 atom stereocenters. The van der Waals surface area contributed by atoms with Crippen LogP contribution in [0.25, 0.3) is 0 Å². The number of allylic oxidation sites excluding steroid dienone is 2. The van der Waals surface area contributed by atoms with Crippen LogP contribution in [0.5, 0.6) is 0 Å². The summed E-state index contributed by atoms with van der Waals surface area (Å²) in [6.45, 7) is 6.13. The average Bonchev–Trinajstić information content (AvgIpc) is 2.71. The number of hydrogen-bond acceptors (Lipinski definition) is 4. The van der Waals surface area contributed by atoms with Crippen LogP contribution >= 0.6 is 0 Å². The van der Waals surface area contributed by atoms with Crippen molar-refractivity contribution in [3.8, 4) is 0 Å². The standard InChI is InChI=1S/C23H23F6NO4/c1-11(2)18(32)21(19(33)12(3)4)6-5-17(31)16(10-21)20(34)30-15-8-13(22(24,25)26)7-14(9-15)23(27,28)29/h5,7-12,31H,6H2,1-4H3,(H,30,34). The van der Waals surface area contributed by atoms with Crippen LogP contribution in [0.3, 0.4) is 0 Å². The quantitative estimate of drug-likeness (QED) is 0.385. The zero-order chi connectivity index (χ0) is 26.2. The van der Waals surface area contributed by atoms with E-state index in [0.717, 1.165) is 12.2 Å². The monoisotopic (exact) mass is 491 g/mol. The maximum atomic E-state index is 13.1. The number of alkyl halides is 6. The fourth-order valence-corrected chi connectivity index (χ4v) is 3.65. The van der Waals surface area contributed by atoms with Crippen molar-refractivity contribution in [2.24, 2.45) is 17.3 Å². The predicted molar refractivity (Wildman–Crippen MR) is 111 cm³/mol. The van der Waals surface area contributed by atoms with Crippen molar-refractivity contribution in [1.82, 2.24) is 0 Å². The summed E-state index contributed by atoms with van der Waals surface area (Å²) in [5, 5.41) is 12.1. The SMILES string of the molecule is CC(C)C(=O)C1(C(=O)C(C)C)C=C(C(=O)Nc2cc(C(F)(F)F)cc(C(F)(F)F)c2)C(O)=CC1. The minimum Gasteiger partial charge on any atom is -0.507 e. The van der Waals surface area contributed by atoms with Crippen molar-refractivity contribution in [3.05, 3.63) is 52.8 Å². The molecule has 0 aliphatic heterocycles. The molecule has 0 saturated heterocycles. The first-order chi connectivity index (χ1) is 15.4. The smallest absolute Gasteiger partial charge is 0.416 e. The Bertz CT molecular complexity index is 1010. The number of halogens is 6. The number of aliphatic hydroxyl groups is 1. The molecule has 0 saturated carbocycles. The Kier molecular flexibility index (Phi) is 7.39. The molecule has 5 nitrogen and oxygen atoms in total. The number of carbonyl (C=O) groups is 3. The van der Waals surface area contributed by atoms with Gasteiger partial charge in [0, 0.05) is 17.5 Å². The fourth-order valence-electron chi connectivity index (χ4n) is 3.65. The van der Waals surface area contributed by atoms with Gasteiger partial charge in [0.2, 0.25) is 0 Å². The summed E-state index contributed by atoms with van der Waals surface area (Å²) in [5.41, 5.74) is -6.54. The topological polar surface area (TPSA) is 83.5 Å². The summed E-state index contributed by atoms with van der Waals surface area (Å²) in [5.74, 6) is -4.32. The van der Waals surface area contributed by atoms with E-state index in [4.69, 9.17) is 0 Å². The highest BCUT2D eigenvalue weighted by Gasteiger charge is 2.47. The number of nitrogens with one attached hydrogen (secondary N) is 1. The third-order valence-electron chi connectivity index (χ3n) is 5.30. The molecule has 0 bridgehead atoms. The normalized spacial score (nSPS) is 16.2. The van der Waals surface area contributed by atoms with Gasteiger partial charge >= 0.3 is 12.4 Å². The van der Waals surface area contributed by atoms with E-state index in [0.29, 0.717) is 12.1 Å². The van der Waals surface area contributed by atoms with Crippen molar-refractivity contribution in [2.75, 3.05) is 5.32 Å². The van der Waals surface area contributed by atoms with Gasteiger partial charge in [-0.1, -0.05) is 27.7 Å². The number of hydrogen-bond donors (Lipinski definition) is 2. The van der Waals surface area contributed by atoms with E-state index >= 15 is 0 Å². The van der Waals surface area contributed by atoms with E-state index < -0.39 is 75.2 Å². The Morgan fingerprint density at radius 1 is 0.882 bits per heavy atom. The lowest BCUT2D eigenvalue weighted by Gasteiger charge is -2.33. The molecule has 0 unspecified atom stereocenters. The van der Waals surface area contributed by atoms with Crippen LogP contribution in [-0.2, 0) is 26.7 Å². The minimum absolute atomic E-state index is 0.0967. The molecule has 186 valence electrons. The van der Waals surface area contributed by atoms with Gasteiger partial charge in [0.25, 0.3) is 5.91 Å². The molecule has 11 heteroatoms. The van der Waals surface area contributed by atoms with Crippen LogP contribution in [0.1, 0.15) is 45.2 Å². The summed E-state index contributed by atoms with van der Waals surface area (Å²) in [6.07, 6.45) is -8.50. The second-order valence-corrected chi connectivity index (χ2v) is 8.61. The van der Waals surface area contributed by atoms with E-state index in [1.807, 2.05) is 5.32 Å². The molecule has 1 aromatic carbocycles. The van der Waals surface area contributed by atoms with Crippen LogP contribution in [0, 0.1) is 17.3 Å². The number of Topliss-reactive ketones (excluding diaryl/α,β-unsaturated/α-hetero) is 2. The molecule has 0 aromatic heterocycles. The van der Waals surface area contributed by atoms with Gasteiger partial charge in [-0.05, 0) is 36.8 Å². The average molecular weight is 491 g/mol. The first-order valence-corrected chi connectivity index (χ1v) is 10.2. The maximum absolute atomic E-state index is 13.1. The molecule has 0 spiro atoms. The highest BCUT2D eigenvalue weighted by molar-refractivity contribution is 6.14. The lowest BCUT2D eigenvalue weighted by molar-refractivity contribution is -0.144. The number of aliphatic hydroxyl groups excluding tert-OH is 1. The molecular formula is C23H23F6NO4. The van der Waals surface area contributed by atoms with Gasteiger partial charge in [-0.2, -0.15) is 26.3 Å². The van der Waals surface area contributed by atoms with Gasteiger partial charge in [0.15, 0.2) is 11.6 Å². The lowest BCUT2D eigenvalue weighted by atomic mass is 9.67. The van der Waals surface area contributed by atoms with Crippen molar-refractivity contribution >= 4 is 23.2 Å². The maximum Gasteiger partial charge on any atom is 0.416 e. The molecule has 1 aromatic rings. The zero-order valence-corrected chi connectivity index (χ0v) is 18.7. The third-order valence-corrected chi connectivity index (χ3v) is 5.30. The van der Waals surface area contributed by atoms with E-state index in [2.05, 4.69) is 0 Å². The van der Waals surface area contributed by atoms with E-state index in [9.17, 15) is 45.8 Å². The van der Waals surface area contributed by atoms with Crippen LogP contribution in [-0.4, -0.2) is 22.6 Å². The molecule has 1 aliphatic rings. The third kappa shape index (κ3) is 5.51. The number of anilines is 1. The second-order valence-electron chi connectivity index (χ2n) is 8.61. The molecule has 2 N–H and O–H groups in total. The summed E-state index contributed by atoms with van der Waals surface area (Å²) in [4.78, 5) is 38.7. The highest BCUT2D eigenvalue weighted by Crippen LogP contribution is 2.40. The van der Waals surface area contributed by atoms with Crippen LogP contribution in [0.15, 0.2) is 41.7 Å². The van der Waals surface area contributed by atoms with Gasteiger partial charge < -0.3 is 10.4 Å². The van der Waals surface area contributed by atoms with Crippen LogP contribution < -0.4 is 5.32 Å². The van der Waals surface area contributed by atoms with Crippen molar-refractivity contribution in [2.45, 2.75) is 46.5 Å². The number of benzene rings is 1. The molecule has 1 amide bonds. The van der Waals surface area contributed by atoms with E-state index in [1.165, 1.54) is 27.7 Å². The Hall–Kier alpha value is -3.11. The van der Waals surface area contributed by atoms with Gasteiger partial charge in [0.1, 0.15) is 11.2 Å². The Labute approximate surface area is 191 Å². The second kappa shape index (κ2) is 9.27. The van der Waals surface area contributed by atoms with Crippen LogP contribution in [0.2, 0.25) is 0 Å². The number of rotatable bonds is 6. The molecule has 1 aliphatic carbocycles. The zero-order valence-electron chi connectivity index (χ0n) is 18.7. The van der Waals surface area contributed by atoms with Gasteiger partial charge in [-0.15, -0.1) is 0 Å². The molecule has 34 heavy (non-hydrogen) atoms. The Morgan fingerprint density at radius 3 is 1.71 bits per heavy atom. The van der Waals surface area contributed by atoms with E-state index in [-0.39, 0.29) is 12.5 Å². The predicted octanol–water partition coefficient (Wildman–Crippen LogP) is 5.87. The van der Waals surface area contributed by atoms with Crippen molar-refractivity contribution < 1.29 is 45.8 Å². The minimum atomic E-state index is -5.13.